The van der Waals surface area contributed by atoms with E-state index in [1.807, 2.05) is 49.5 Å². The Hall–Kier alpha value is -0.940. The Bertz CT molecular complexity index is 529. The Kier molecular flexibility index (Phi) is 4.12. The van der Waals surface area contributed by atoms with Crippen molar-refractivity contribution < 1.29 is 0 Å². The topological polar surface area (TPSA) is 24.1 Å². The van der Waals surface area contributed by atoms with Gasteiger partial charge in [-0.25, -0.2) is 0 Å². The second-order valence-corrected chi connectivity index (χ2v) is 5.20. The maximum absolute atomic E-state index is 6.19. The van der Waals surface area contributed by atoms with E-state index in [0.717, 1.165) is 25.7 Å². The van der Waals surface area contributed by atoms with Crippen LogP contribution < -0.4 is 10.6 Å². The monoisotopic (exact) mass is 358 g/mol. The van der Waals surface area contributed by atoms with E-state index in [4.69, 9.17) is 11.6 Å². The molecule has 2 N–H and O–H groups in total. The number of hydrogen-bond donors (Lipinski definition) is 2. The minimum Gasteiger partial charge on any atom is -0.386 e. The summed E-state index contributed by atoms with van der Waals surface area (Å²) < 4.78 is 1.13. The van der Waals surface area contributed by atoms with Crippen LogP contribution in [0.15, 0.2) is 42.5 Å². The van der Waals surface area contributed by atoms with Crippen molar-refractivity contribution in [3.05, 3.63) is 51.1 Å². The van der Waals surface area contributed by atoms with Gasteiger partial charge >= 0.3 is 0 Å². The van der Waals surface area contributed by atoms with E-state index >= 15 is 0 Å². The van der Waals surface area contributed by atoms with Gasteiger partial charge in [0.05, 0.1) is 22.1 Å². The number of benzene rings is 2. The first-order valence-corrected chi connectivity index (χ1v) is 6.65. The van der Waals surface area contributed by atoms with E-state index in [1.54, 1.807) is 0 Å². The number of rotatable bonds is 3. The zero-order valence-corrected chi connectivity index (χ0v) is 12.2. The van der Waals surface area contributed by atoms with E-state index in [2.05, 4.69) is 33.2 Å². The van der Waals surface area contributed by atoms with Crippen molar-refractivity contribution in [2.45, 2.75) is 0 Å². The van der Waals surface area contributed by atoms with E-state index in [0.29, 0.717) is 0 Å². The van der Waals surface area contributed by atoms with Gasteiger partial charge in [-0.1, -0.05) is 23.7 Å². The second-order valence-electron chi connectivity index (χ2n) is 3.54. The summed E-state index contributed by atoms with van der Waals surface area (Å²) in [5.74, 6) is 0. The third-order valence-corrected chi connectivity index (χ3v) is 3.38. The molecule has 0 amide bonds. The minimum atomic E-state index is 0.725. The maximum Gasteiger partial charge on any atom is 0.0651 e. The Labute approximate surface area is 120 Å². The maximum atomic E-state index is 6.19. The number of hydrogen-bond acceptors (Lipinski definition) is 2. The van der Waals surface area contributed by atoms with Crippen LogP contribution in [0, 0.1) is 3.57 Å². The highest BCUT2D eigenvalue weighted by molar-refractivity contribution is 14.1. The molecule has 0 radical (unpaired) electrons. The van der Waals surface area contributed by atoms with Gasteiger partial charge in [-0.15, -0.1) is 0 Å². The van der Waals surface area contributed by atoms with Crippen molar-refractivity contribution in [3.63, 3.8) is 0 Å². The van der Waals surface area contributed by atoms with Crippen LogP contribution in [0.4, 0.5) is 17.1 Å². The summed E-state index contributed by atoms with van der Waals surface area (Å²) in [6.45, 7) is 0. The van der Waals surface area contributed by atoms with E-state index in [9.17, 15) is 0 Å². The molecule has 2 aromatic carbocycles. The first-order valence-electron chi connectivity index (χ1n) is 5.19. The highest BCUT2D eigenvalue weighted by Crippen LogP contribution is 2.30. The lowest BCUT2D eigenvalue weighted by molar-refractivity contribution is 1.47. The van der Waals surface area contributed by atoms with Crippen molar-refractivity contribution in [2.24, 2.45) is 0 Å². The van der Waals surface area contributed by atoms with Crippen LogP contribution in [0.5, 0.6) is 0 Å². The molecule has 17 heavy (non-hydrogen) atoms. The van der Waals surface area contributed by atoms with Crippen LogP contribution >= 0.6 is 34.2 Å². The van der Waals surface area contributed by atoms with Gasteiger partial charge in [0.1, 0.15) is 0 Å². The fourth-order valence-corrected chi connectivity index (χ4v) is 2.45. The van der Waals surface area contributed by atoms with Crippen LogP contribution in [0.3, 0.4) is 0 Å². The average Bonchev–Trinajstić information content (AvgIpc) is 2.33. The molecule has 0 spiro atoms. The molecule has 0 atom stereocenters. The Morgan fingerprint density at radius 1 is 1.00 bits per heavy atom. The van der Waals surface area contributed by atoms with Gasteiger partial charge in [0.15, 0.2) is 0 Å². The predicted molar refractivity (Wildman–Crippen MR) is 83.4 cm³/mol. The molecular weight excluding hydrogens is 347 g/mol. The largest absolute Gasteiger partial charge is 0.386 e. The molecule has 0 heterocycles. The third-order valence-electron chi connectivity index (χ3n) is 2.40. The summed E-state index contributed by atoms with van der Waals surface area (Å²) in [6.07, 6.45) is 0. The van der Waals surface area contributed by atoms with E-state index < -0.39 is 0 Å². The third kappa shape index (κ3) is 3.04. The molecule has 0 aromatic heterocycles. The van der Waals surface area contributed by atoms with E-state index in [1.165, 1.54) is 0 Å². The summed E-state index contributed by atoms with van der Waals surface area (Å²) in [7, 11) is 1.90. The lowest BCUT2D eigenvalue weighted by Crippen LogP contribution is -1.97. The summed E-state index contributed by atoms with van der Waals surface area (Å²) in [6, 6.07) is 14.0. The van der Waals surface area contributed by atoms with Crippen molar-refractivity contribution in [1.82, 2.24) is 0 Å². The molecule has 2 rings (SSSR count). The van der Waals surface area contributed by atoms with Gasteiger partial charge in [-0.2, -0.15) is 0 Å². The Balaban J connectivity index is 2.31. The molecule has 2 nitrogen and oxygen atoms in total. The summed E-state index contributed by atoms with van der Waals surface area (Å²) in [5, 5.41) is 7.19. The van der Waals surface area contributed by atoms with Crippen molar-refractivity contribution in [1.29, 1.82) is 0 Å². The molecule has 4 heteroatoms. The van der Waals surface area contributed by atoms with Crippen molar-refractivity contribution >= 4 is 51.3 Å². The Morgan fingerprint density at radius 3 is 2.35 bits per heavy atom. The number of nitrogens with one attached hydrogen (secondary N) is 2. The van der Waals surface area contributed by atoms with Gasteiger partial charge in [0, 0.05) is 10.6 Å². The molecule has 0 aliphatic carbocycles. The summed E-state index contributed by atoms with van der Waals surface area (Å²) in [4.78, 5) is 0. The zero-order chi connectivity index (χ0) is 12.3. The SMILES string of the molecule is CNc1ccccc1Nc1ccc(I)cc1Cl. The molecule has 0 saturated heterocycles. The van der Waals surface area contributed by atoms with Crippen LogP contribution in [-0.4, -0.2) is 7.05 Å². The number of para-hydroxylation sites is 2. The molecule has 0 unspecified atom stereocenters. The first-order chi connectivity index (χ1) is 8.20. The normalized spacial score (nSPS) is 10.1. The highest BCUT2D eigenvalue weighted by atomic mass is 127. The van der Waals surface area contributed by atoms with Gasteiger partial charge in [-0.3, -0.25) is 0 Å². The lowest BCUT2D eigenvalue weighted by atomic mass is 10.2. The first kappa shape index (κ1) is 12.5. The molecular formula is C13H12ClIN2. The van der Waals surface area contributed by atoms with Crippen molar-refractivity contribution in [3.8, 4) is 0 Å². The van der Waals surface area contributed by atoms with Gasteiger partial charge in [0.2, 0.25) is 0 Å². The fraction of sp³-hybridized carbons (Fsp3) is 0.0769. The standard InChI is InChI=1S/C13H12ClIN2/c1-16-12-4-2-3-5-13(12)17-11-7-6-9(15)8-10(11)14/h2-8,16-17H,1H3. The molecule has 0 aliphatic rings. The quantitative estimate of drug-likeness (QED) is 0.775. The predicted octanol–water partition coefficient (Wildman–Crippen LogP) is 4.73. The lowest BCUT2D eigenvalue weighted by Gasteiger charge is -2.12. The molecule has 0 fully saturated rings. The molecule has 0 bridgehead atoms. The smallest absolute Gasteiger partial charge is 0.0651 e. The van der Waals surface area contributed by atoms with Crippen LogP contribution in [0.25, 0.3) is 0 Å². The molecule has 0 saturated carbocycles. The molecule has 2 aromatic rings. The van der Waals surface area contributed by atoms with E-state index in [-0.39, 0.29) is 0 Å². The summed E-state index contributed by atoms with van der Waals surface area (Å²) >= 11 is 8.43. The minimum absolute atomic E-state index is 0.725. The fourth-order valence-electron chi connectivity index (χ4n) is 1.55. The van der Waals surface area contributed by atoms with Crippen LogP contribution in [0.1, 0.15) is 0 Å². The van der Waals surface area contributed by atoms with Gasteiger partial charge < -0.3 is 10.6 Å². The van der Waals surface area contributed by atoms with Crippen LogP contribution in [0.2, 0.25) is 5.02 Å². The number of anilines is 3. The average molecular weight is 359 g/mol. The van der Waals surface area contributed by atoms with Gasteiger partial charge in [0.25, 0.3) is 0 Å². The molecule has 88 valence electrons. The molecule has 0 aliphatic heterocycles. The zero-order valence-electron chi connectivity index (χ0n) is 9.30. The van der Waals surface area contributed by atoms with Crippen LogP contribution in [-0.2, 0) is 0 Å². The Morgan fingerprint density at radius 2 is 1.71 bits per heavy atom. The van der Waals surface area contributed by atoms with Gasteiger partial charge in [-0.05, 0) is 52.9 Å². The summed E-state index contributed by atoms with van der Waals surface area (Å²) in [5.41, 5.74) is 2.97. The highest BCUT2D eigenvalue weighted by Gasteiger charge is 2.04. The second kappa shape index (κ2) is 5.60. The van der Waals surface area contributed by atoms with Crippen molar-refractivity contribution in [2.75, 3.05) is 17.7 Å². The number of halogens is 2.